The summed E-state index contributed by atoms with van der Waals surface area (Å²) in [6.45, 7) is 5.04. The normalized spacial score (nSPS) is 18.1. The fourth-order valence-corrected chi connectivity index (χ4v) is 5.25. The van der Waals surface area contributed by atoms with Crippen LogP contribution >= 0.6 is 0 Å². The summed E-state index contributed by atoms with van der Waals surface area (Å²) < 4.78 is 35.4. The van der Waals surface area contributed by atoms with E-state index in [1.165, 1.54) is 70.6 Å². The van der Waals surface area contributed by atoms with Gasteiger partial charge in [0.2, 0.25) is 5.88 Å². The summed E-state index contributed by atoms with van der Waals surface area (Å²) in [5, 5.41) is 8.13. The highest BCUT2D eigenvalue weighted by Gasteiger charge is 2.22. The minimum absolute atomic E-state index is 0.150. The number of hydrogen-bond acceptors (Lipinski definition) is 3. The van der Waals surface area contributed by atoms with E-state index in [9.17, 15) is 8.78 Å². The van der Waals surface area contributed by atoms with Gasteiger partial charge in [-0.2, -0.15) is 0 Å². The van der Waals surface area contributed by atoms with Crippen molar-refractivity contribution in [3.05, 3.63) is 41.5 Å². The molecule has 0 unspecified atom stereocenters. The zero-order valence-electron chi connectivity index (χ0n) is 21.8. The van der Waals surface area contributed by atoms with Gasteiger partial charge in [-0.25, -0.2) is 8.78 Å². The van der Waals surface area contributed by atoms with Crippen molar-refractivity contribution < 1.29 is 13.5 Å². The molecule has 1 heterocycles. The summed E-state index contributed by atoms with van der Waals surface area (Å²) >= 11 is 0. The second-order valence-corrected chi connectivity index (χ2v) is 10.3. The van der Waals surface area contributed by atoms with E-state index < -0.39 is 11.6 Å². The van der Waals surface area contributed by atoms with Crippen molar-refractivity contribution in [2.45, 2.75) is 110 Å². The Kier molecular flexibility index (Phi) is 11.9. The van der Waals surface area contributed by atoms with Crippen LogP contribution in [0.4, 0.5) is 8.78 Å². The van der Waals surface area contributed by atoms with Crippen molar-refractivity contribution in [1.82, 2.24) is 10.2 Å². The van der Waals surface area contributed by atoms with Crippen LogP contribution in [0.2, 0.25) is 0 Å². The van der Waals surface area contributed by atoms with Gasteiger partial charge in [0.25, 0.3) is 0 Å². The highest BCUT2D eigenvalue weighted by Crippen LogP contribution is 2.35. The quantitative estimate of drug-likeness (QED) is 0.235. The predicted octanol–water partition coefficient (Wildman–Crippen LogP) is 9.09. The lowest BCUT2D eigenvalue weighted by Crippen LogP contribution is -2.15. The number of halogens is 2. The SMILES string of the molecule is CCCCCCCOc1ccc(-c2ccc(CCC3CCC(CCCCC)CC3)c(F)c2F)nn1. The second-order valence-electron chi connectivity index (χ2n) is 10.3. The van der Waals surface area contributed by atoms with Gasteiger partial charge in [-0.05, 0) is 48.8 Å². The number of benzene rings is 1. The van der Waals surface area contributed by atoms with E-state index in [4.69, 9.17) is 4.74 Å². The molecule has 0 amide bonds. The topological polar surface area (TPSA) is 35.0 Å². The van der Waals surface area contributed by atoms with Gasteiger partial charge in [0, 0.05) is 11.6 Å². The third-order valence-corrected chi connectivity index (χ3v) is 7.58. The minimum atomic E-state index is -0.832. The molecule has 2 aromatic rings. The number of aromatic nitrogens is 2. The van der Waals surface area contributed by atoms with Crippen LogP contribution < -0.4 is 4.74 Å². The van der Waals surface area contributed by atoms with Crippen LogP contribution in [0, 0.1) is 23.5 Å². The van der Waals surface area contributed by atoms with Gasteiger partial charge in [-0.3, -0.25) is 0 Å². The first-order valence-corrected chi connectivity index (χ1v) is 14.1. The number of nitrogens with zero attached hydrogens (tertiary/aromatic N) is 2. The second kappa shape index (κ2) is 15.2. The minimum Gasteiger partial charge on any atom is -0.477 e. The molecule has 35 heavy (non-hydrogen) atoms. The number of ether oxygens (including phenoxy) is 1. The fourth-order valence-electron chi connectivity index (χ4n) is 5.25. The Morgan fingerprint density at radius 1 is 0.743 bits per heavy atom. The van der Waals surface area contributed by atoms with Crippen molar-refractivity contribution in [3.63, 3.8) is 0 Å². The van der Waals surface area contributed by atoms with E-state index in [1.807, 2.05) is 0 Å². The molecular formula is C30H44F2N2O. The monoisotopic (exact) mass is 486 g/mol. The van der Waals surface area contributed by atoms with E-state index in [0.717, 1.165) is 25.2 Å². The molecular weight excluding hydrogens is 442 g/mol. The molecule has 0 N–H and O–H groups in total. The van der Waals surface area contributed by atoms with Crippen molar-refractivity contribution >= 4 is 0 Å². The van der Waals surface area contributed by atoms with E-state index in [2.05, 4.69) is 24.0 Å². The maximum atomic E-state index is 14.9. The molecule has 194 valence electrons. The third kappa shape index (κ3) is 8.84. The Labute approximate surface area is 211 Å². The van der Waals surface area contributed by atoms with Crippen molar-refractivity contribution in [1.29, 1.82) is 0 Å². The number of hydrogen-bond donors (Lipinski definition) is 0. The van der Waals surface area contributed by atoms with Gasteiger partial charge >= 0.3 is 0 Å². The lowest BCUT2D eigenvalue weighted by molar-refractivity contribution is 0.248. The van der Waals surface area contributed by atoms with Crippen LogP contribution in [0.3, 0.4) is 0 Å². The lowest BCUT2D eigenvalue weighted by Gasteiger charge is -2.28. The predicted molar refractivity (Wildman–Crippen MR) is 140 cm³/mol. The highest BCUT2D eigenvalue weighted by molar-refractivity contribution is 5.60. The molecule has 1 saturated carbocycles. The Balaban J connectivity index is 1.47. The number of aryl methyl sites for hydroxylation is 1. The molecule has 0 bridgehead atoms. The molecule has 3 rings (SSSR count). The number of unbranched alkanes of at least 4 members (excludes halogenated alkanes) is 6. The summed E-state index contributed by atoms with van der Waals surface area (Å²) in [4.78, 5) is 0. The maximum absolute atomic E-state index is 14.9. The van der Waals surface area contributed by atoms with Crippen LogP contribution in [0.25, 0.3) is 11.3 Å². The first-order chi connectivity index (χ1) is 17.1. The van der Waals surface area contributed by atoms with Crippen molar-refractivity contribution in [3.8, 4) is 17.1 Å². The van der Waals surface area contributed by atoms with Gasteiger partial charge in [0.05, 0.1) is 12.3 Å². The Bertz CT molecular complexity index is 863. The molecule has 3 nitrogen and oxygen atoms in total. The summed E-state index contributed by atoms with van der Waals surface area (Å²) in [7, 11) is 0. The average molecular weight is 487 g/mol. The average Bonchev–Trinajstić information content (AvgIpc) is 2.88. The van der Waals surface area contributed by atoms with E-state index in [-0.39, 0.29) is 5.56 Å². The van der Waals surface area contributed by atoms with Crippen LogP contribution in [-0.4, -0.2) is 16.8 Å². The van der Waals surface area contributed by atoms with Gasteiger partial charge in [0.1, 0.15) is 0 Å². The lowest BCUT2D eigenvalue weighted by atomic mass is 9.77. The van der Waals surface area contributed by atoms with E-state index in [1.54, 1.807) is 24.3 Å². The van der Waals surface area contributed by atoms with Gasteiger partial charge < -0.3 is 4.74 Å². The highest BCUT2D eigenvalue weighted by atomic mass is 19.2. The fraction of sp³-hybridized carbons (Fsp3) is 0.667. The first-order valence-electron chi connectivity index (χ1n) is 14.1. The van der Waals surface area contributed by atoms with E-state index >= 15 is 0 Å². The first kappa shape index (κ1) is 27.5. The van der Waals surface area contributed by atoms with Crippen molar-refractivity contribution in [2.24, 2.45) is 11.8 Å². The van der Waals surface area contributed by atoms with Gasteiger partial charge in [0.15, 0.2) is 11.6 Å². The largest absolute Gasteiger partial charge is 0.477 e. The smallest absolute Gasteiger partial charge is 0.233 e. The zero-order chi connectivity index (χ0) is 24.9. The standard InChI is InChI=1S/C30H44F2N2O/c1-3-5-7-8-10-22-35-28-21-20-27(33-34-28)26-19-18-25(29(31)30(26)32)17-16-24-14-12-23(13-15-24)11-9-6-4-2/h18-21,23-24H,3-17,22H2,1-2H3. The molecule has 1 aliphatic carbocycles. The Morgan fingerprint density at radius 2 is 1.43 bits per heavy atom. The summed E-state index contributed by atoms with van der Waals surface area (Å²) in [5.74, 6) is 0.340. The van der Waals surface area contributed by atoms with Gasteiger partial charge in [-0.15, -0.1) is 10.2 Å². The molecule has 1 aromatic heterocycles. The molecule has 0 aliphatic heterocycles. The molecule has 0 atom stereocenters. The number of rotatable bonds is 15. The maximum Gasteiger partial charge on any atom is 0.233 e. The molecule has 5 heteroatoms. The van der Waals surface area contributed by atoms with Crippen LogP contribution in [-0.2, 0) is 6.42 Å². The Morgan fingerprint density at radius 3 is 2.11 bits per heavy atom. The summed E-state index contributed by atoms with van der Waals surface area (Å²) in [5.41, 5.74) is 0.939. The van der Waals surface area contributed by atoms with Crippen LogP contribution in [0.5, 0.6) is 5.88 Å². The molecule has 1 aromatic carbocycles. The van der Waals surface area contributed by atoms with E-state index in [0.29, 0.717) is 36.1 Å². The Hall–Kier alpha value is -2.04. The molecule has 0 radical (unpaired) electrons. The molecule has 1 aliphatic rings. The molecule has 0 spiro atoms. The molecule has 1 fully saturated rings. The van der Waals surface area contributed by atoms with Gasteiger partial charge in [-0.1, -0.05) is 97.0 Å². The van der Waals surface area contributed by atoms with Crippen LogP contribution in [0.1, 0.15) is 109 Å². The third-order valence-electron chi connectivity index (χ3n) is 7.58. The summed E-state index contributed by atoms with van der Waals surface area (Å²) in [6.07, 6.45) is 17.7. The summed E-state index contributed by atoms with van der Waals surface area (Å²) in [6, 6.07) is 6.68. The molecule has 0 saturated heterocycles. The van der Waals surface area contributed by atoms with Crippen molar-refractivity contribution in [2.75, 3.05) is 6.61 Å². The zero-order valence-corrected chi connectivity index (χ0v) is 21.8. The van der Waals surface area contributed by atoms with Crippen LogP contribution in [0.15, 0.2) is 24.3 Å².